The summed E-state index contributed by atoms with van der Waals surface area (Å²) in [7, 11) is 1.51. The summed E-state index contributed by atoms with van der Waals surface area (Å²) >= 11 is 0. The summed E-state index contributed by atoms with van der Waals surface area (Å²) < 4.78 is 16.4. The molecule has 0 atom stereocenters. The average Bonchev–Trinajstić information content (AvgIpc) is 2.61. The lowest BCUT2D eigenvalue weighted by atomic mass is 10.1. The maximum absolute atomic E-state index is 11.0. The second kappa shape index (κ2) is 8.91. The molecule has 7 heteroatoms. The van der Waals surface area contributed by atoms with Crippen LogP contribution in [0.5, 0.6) is 11.5 Å². The summed E-state index contributed by atoms with van der Waals surface area (Å²) in [5.41, 5.74) is 0.136. The summed E-state index contributed by atoms with van der Waals surface area (Å²) in [4.78, 5) is 13.3. The smallest absolute Gasteiger partial charge is 0.346 e. The molecule has 128 valence electrons. The minimum absolute atomic E-state index is 0.360. The van der Waals surface area contributed by atoms with Gasteiger partial charge in [0.25, 0.3) is 0 Å². The molecule has 7 nitrogen and oxygen atoms in total. The second-order valence-electron chi connectivity index (χ2n) is 5.16. The third-order valence-electron chi connectivity index (χ3n) is 3.64. The van der Waals surface area contributed by atoms with Gasteiger partial charge in [-0.05, 0) is 12.1 Å². The average molecular weight is 332 g/mol. The van der Waals surface area contributed by atoms with E-state index in [1.165, 1.54) is 13.2 Å². The van der Waals surface area contributed by atoms with Gasteiger partial charge in [-0.2, -0.15) is 5.26 Å². The van der Waals surface area contributed by atoms with E-state index in [-0.39, 0.29) is 5.57 Å². The number of hydrogen-bond acceptors (Lipinski definition) is 6. The standard InChI is InChI=1S/C17H20N2O5/c1-22-15-4-2-3-13(11-14(12-18)17(20)21)16(15)24-10-7-19-5-8-23-9-6-19/h2-4,11H,5-10H2,1H3,(H,20,21). The van der Waals surface area contributed by atoms with E-state index in [9.17, 15) is 4.79 Å². The molecule has 1 aromatic rings. The van der Waals surface area contributed by atoms with Crippen molar-refractivity contribution in [3.8, 4) is 17.6 Å². The summed E-state index contributed by atoms with van der Waals surface area (Å²) in [6.45, 7) is 4.31. The summed E-state index contributed by atoms with van der Waals surface area (Å²) in [6.07, 6.45) is 1.29. The largest absolute Gasteiger partial charge is 0.493 e. The van der Waals surface area contributed by atoms with E-state index in [1.54, 1.807) is 24.3 Å². The molecule has 0 spiro atoms. The summed E-state index contributed by atoms with van der Waals surface area (Å²) in [5, 5.41) is 17.9. The lowest BCUT2D eigenvalue weighted by Crippen LogP contribution is -2.38. The first-order valence-corrected chi connectivity index (χ1v) is 7.60. The topological polar surface area (TPSA) is 92.0 Å². The monoisotopic (exact) mass is 332 g/mol. The number of para-hydroxylation sites is 1. The van der Waals surface area contributed by atoms with Gasteiger partial charge in [0.05, 0.1) is 20.3 Å². The van der Waals surface area contributed by atoms with Crippen molar-refractivity contribution in [3.63, 3.8) is 0 Å². The van der Waals surface area contributed by atoms with E-state index >= 15 is 0 Å². The fourth-order valence-electron chi connectivity index (χ4n) is 2.36. The lowest BCUT2D eigenvalue weighted by molar-refractivity contribution is -0.132. The molecule has 0 aromatic heterocycles. The molecular formula is C17H20N2O5. The zero-order valence-electron chi connectivity index (χ0n) is 13.5. The highest BCUT2D eigenvalue weighted by atomic mass is 16.5. The predicted molar refractivity (Wildman–Crippen MR) is 87.0 cm³/mol. The molecule has 1 aliphatic rings. The van der Waals surface area contributed by atoms with Gasteiger partial charge in [-0.1, -0.05) is 12.1 Å². The van der Waals surface area contributed by atoms with Crippen molar-refractivity contribution < 1.29 is 24.1 Å². The number of hydrogen-bond donors (Lipinski definition) is 1. The molecule has 0 saturated carbocycles. The van der Waals surface area contributed by atoms with Gasteiger partial charge in [-0.15, -0.1) is 0 Å². The highest BCUT2D eigenvalue weighted by Crippen LogP contribution is 2.32. The molecule has 0 unspecified atom stereocenters. The first-order valence-electron chi connectivity index (χ1n) is 7.60. The SMILES string of the molecule is COc1cccc(C=C(C#N)C(=O)O)c1OCCN1CCOCC1. The van der Waals surface area contributed by atoms with Crippen molar-refractivity contribution in [2.24, 2.45) is 0 Å². The molecule has 2 rings (SSSR count). The van der Waals surface area contributed by atoms with Gasteiger partial charge >= 0.3 is 5.97 Å². The minimum atomic E-state index is -1.28. The predicted octanol–water partition coefficient (Wildman–Crippen LogP) is 1.40. The molecule has 1 N–H and O–H groups in total. The van der Waals surface area contributed by atoms with Gasteiger partial charge in [0.15, 0.2) is 11.5 Å². The van der Waals surface area contributed by atoms with Crippen LogP contribution in [0.15, 0.2) is 23.8 Å². The lowest BCUT2D eigenvalue weighted by Gasteiger charge is -2.26. The van der Waals surface area contributed by atoms with E-state index in [0.717, 1.165) is 19.6 Å². The fraction of sp³-hybridized carbons (Fsp3) is 0.412. The third-order valence-corrected chi connectivity index (χ3v) is 3.64. The summed E-state index contributed by atoms with van der Waals surface area (Å²) in [5.74, 6) is -0.352. The number of nitrogens with zero attached hydrogens (tertiary/aromatic N) is 2. The van der Waals surface area contributed by atoms with Crippen molar-refractivity contribution in [1.82, 2.24) is 4.90 Å². The van der Waals surface area contributed by atoms with Crippen LogP contribution in [0.4, 0.5) is 0 Å². The number of methoxy groups -OCH3 is 1. The van der Waals surface area contributed by atoms with Gasteiger partial charge in [0.1, 0.15) is 18.2 Å². The van der Waals surface area contributed by atoms with E-state index in [4.69, 9.17) is 24.6 Å². The molecule has 0 aliphatic carbocycles. The number of ether oxygens (including phenoxy) is 3. The second-order valence-corrected chi connectivity index (χ2v) is 5.16. The fourth-order valence-corrected chi connectivity index (χ4v) is 2.36. The van der Waals surface area contributed by atoms with Crippen molar-refractivity contribution in [3.05, 3.63) is 29.3 Å². The Labute approximate surface area is 140 Å². The molecule has 1 saturated heterocycles. The van der Waals surface area contributed by atoms with Crippen molar-refractivity contribution in [1.29, 1.82) is 5.26 Å². The Hall–Kier alpha value is -2.56. The Balaban J connectivity index is 2.14. The van der Waals surface area contributed by atoms with Crippen LogP contribution in [-0.2, 0) is 9.53 Å². The maximum atomic E-state index is 11.0. The Kier molecular flexibility index (Phi) is 6.61. The first kappa shape index (κ1) is 17.8. The number of benzene rings is 1. The minimum Gasteiger partial charge on any atom is -0.493 e. The molecule has 0 amide bonds. The highest BCUT2D eigenvalue weighted by Gasteiger charge is 2.14. The van der Waals surface area contributed by atoms with Crippen LogP contribution in [0.2, 0.25) is 0 Å². The highest BCUT2D eigenvalue weighted by molar-refractivity contribution is 5.97. The molecular weight excluding hydrogens is 312 g/mol. The Morgan fingerprint density at radius 2 is 2.21 bits per heavy atom. The molecule has 0 bridgehead atoms. The number of carbonyl (C=O) groups is 1. The molecule has 1 fully saturated rings. The van der Waals surface area contributed by atoms with Crippen LogP contribution in [0.25, 0.3) is 6.08 Å². The number of rotatable bonds is 7. The third kappa shape index (κ3) is 4.72. The number of aliphatic carboxylic acids is 1. The van der Waals surface area contributed by atoms with E-state index in [2.05, 4.69) is 4.90 Å². The number of nitriles is 1. The van der Waals surface area contributed by atoms with Crippen molar-refractivity contribution >= 4 is 12.0 Å². The van der Waals surface area contributed by atoms with Crippen LogP contribution in [-0.4, -0.2) is 62.5 Å². The van der Waals surface area contributed by atoms with Gasteiger partial charge in [-0.25, -0.2) is 4.79 Å². The first-order chi connectivity index (χ1) is 11.7. The molecule has 1 aliphatic heterocycles. The summed E-state index contributed by atoms with van der Waals surface area (Å²) in [6, 6.07) is 6.80. The maximum Gasteiger partial charge on any atom is 0.346 e. The van der Waals surface area contributed by atoms with Crippen LogP contribution in [0, 0.1) is 11.3 Å². The van der Waals surface area contributed by atoms with Gasteiger partial charge < -0.3 is 19.3 Å². The number of carboxylic acids is 1. The molecule has 1 heterocycles. The Bertz CT molecular complexity index is 645. The van der Waals surface area contributed by atoms with E-state index in [0.29, 0.717) is 36.9 Å². The zero-order chi connectivity index (χ0) is 17.4. The van der Waals surface area contributed by atoms with Crippen LogP contribution in [0.1, 0.15) is 5.56 Å². The number of morpholine rings is 1. The van der Waals surface area contributed by atoms with E-state index < -0.39 is 5.97 Å². The molecule has 24 heavy (non-hydrogen) atoms. The Morgan fingerprint density at radius 3 is 2.83 bits per heavy atom. The van der Waals surface area contributed by atoms with E-state index in [1.807, 2.05) is 0 Å². The number of carboxylic acid groups (broad SMARTS) is 1. The van der Waals surface area contributed by atoms with Crippen molar-refractivity contribution in [2.45, 2.75) is 0 Å². The quantitative estimate of drug-likeness (QED) is 0.596. The Morgan fingerprint density at radius 1 is 1.46 bits per heavy atom. The molecule has 0 radical (unpaired) electrons. The van der Waals surface area contributed by atoms with Crippen LogP contribution in [0.3, 0.4) is 0 Å². The van der Waals surface area contributed by atoms with Gasteiger partial charge in [-0.3, -0.25) is 4.90 Å². The van der Waals surface area contributed by atoms with Crippen molar-refractivity contribution in [2.75, 3.05) is 46.6 Å². The van der Waals surface area contributed by atoms with Gasteiger partial charge in [0.2, 0.25) is 0 Å². The van der Waals surface area contributed by atoms with Crippen LogP contribution >= 0.6 is 0 Å². The zero-order valence-corrected chi connectivity index (χ0v) is 13.5. The molecule has 1 aromatic carbocycles. The van der Waals surface area contributed by atoms with Gasteiger partial charge in [0, 0.05) is 25.2 Å². The normalized spacial score (nSPS) is 15.6. The van der Waals surface area contributed by atoms with Crippen LogP contribution < -0.4 is 9.47 Å².